The summed E-state index contributed by atoms with van der Waals surface area (Å²) in [5.74, 6) is 1.82. The van der Waals surface area contributed by atoms with Crippen LogP contribution in [0, 0.1) is 5.92 Å². The molecule has 188 valence electrons. The van der Waals surface area contributed by atoms with Gasteiger partial charge in [0.1, 0.15) is 5.75 Å². The van der Waals surface area contributed by atoms with Crippen molar-refractivity contribution >= 4 is 17.0 Å². The molecular weight excluding hydrogens is 432 g/mol. The smallest absolute Gasteiger partial charge is 0.414 e. The Morgan fingerprint density at radius 1 is 1.12 bits per heavy atom. The van der Waals surface area contributed by atoms with Crippen LogP contribution in [0.4, 0.5) is 4.79 Å². The van der Waals surface area contributed by atoms with E-state index < -0.39 is 6.09 Å². The van der Waals surface area contributed by atoms with E-state index in [1.165, 1.54) is 0 Å². The molecule has 3 N–H and O–H groups in total. The molecule has 2 saturated heterocycles. The molecule has 0 saturated carbocycles. The number of hydrogen-bond donors (Lipinski definition) is 3. The fourth-order valence-corrected chi connectivity index (χ4v) is 4.71. The molecule has 8 nitrogen and oxygen atoms in total. The Morgan fingerprint density at radius 3 is 2.47 bits per heavy atom. The lowest BCUT2D eigenvalue weighted by molar-refractivity contribution is 0.0739. The van der Waals surface area contributed by atoms with Gasteiger partial charge in [0.15, 0.2) is 0 Å². The van der Waals surface area contributed by atoms with Gasteiger partial charge in [-0.2, -0.15) is 0 Å². The van der Waals surface area contributed by atoms with Crippen LogP contribution in [0.25, 0.3) is 10.9 Å². The second-order valence-corrected chi connectivity index (χ2v) is 10.1. The number of carbonyl (C=O) groups excluding carboxylic acids is 1. The number of amides is 1. The predicted molar refractivity (Wildman–Crippen MR) is 134 cm³/mol. The molecule has 0 bridgehead atoms. The first-order valence-electron chi connectivity index (χ1n) is 12.8. The van der Waals surface area contributed by atoms with Crippen molar-refractivity contribution in [3.05, 3.63) is 24.3 Å². The lowest BCUT2D eigenvalue weighted by Gasteiger charge is -2.35. The third kappa shape index (κ3) is 7.10. The standard InChI is InChI=1S/C26H40N4O4/c1-19(2)10-17-33-24-5-3-4-23-22(24)18-25(28-23)34-26(32)27-20-6-11-29(12-7-20)15-16-30-13-8-21(31)9-14-30/h3-5,18-21,28,31H,6-17H2,1-2H3,(H,27,32). The van der Waals surface area contributed by atoms with Gasteiger partial charge in [-0.25, -0.2) is 4.79 Å². The largest absolute Gasteiger partial charge is 0.493 e. The van der Waals surface area contributed by atoms with Gasteiger partial charge in [-0.05, 0) is 50.2 Å². The maximum Gasteiger partial charge on any atom is 0.414 e. The van der Waals surface area contributed by atoms with Crippen molar-refractivity contribution in [3.8, 4) is 11.6 Å². The number of aliphatic hydroxyl groups excluding tert-OH is 1. The second-order valence-electron chi connectivity index (χ2n) is 10.1. The number of carbonyl (C=O) groups is 1. The van der Waals surface area contributed by atoms with Crippen LogP contribution >= 0.6 is 0 Å². The Bertz CT molecular complexity index is 915. The summed E-state index contributed by atoms with van der Waals surface area (Å²) in [5, 5.41) is 13.6. The normalized spacial score (nSPS) is 19.1. The minimum absolute atomic E-state index is 0.118. The van der Waals surface area contributed by atoms with Gasteiger partial charge < -0.3 is 34.7 Å². The maximum absolute atomic E-state index is 12.5. The number of rotatable bonds is 9. The zero-order chi connectivity index (χ0) is 23.9. The highest BCUT2D eigenvalue weighted by Gasteiger charge is 2.23. The molecule has 2 aliphatic heterocycles. The second kappa shape index (κ2) is 11.9. The maximum atomic E-state index is 12.5. The third-order valence-corrected chi connectivity index (χ3v) is 6.95. The molecule has 3 heterocycles. The fourth-order valence-electron chi connectivity index (χ4n) is 4.71. The predicted octanol–water partition coefficient (Wildman–Crippen LogP) is 3.60. The van der Waals surface area contributed by atoms with Gasteiger partial charge in [0, 0.05) is 56.8 Å². The van der Waals surface area contributed by atoms with Gasteiger partial charge in [0.2, 0.25) is 5.88 Å². The first-order valence-corrected chi connectivity index (χ1v) is 12.8. The highest BCUT2D eigenvalue weighted by atomic mass is 16.6. The topological polar surface area (TPSA) is 90.1 Å². The van der Waals surface area contributed by atoms with Crippen molar-refractivity contribution in [1.82, 2.24) is 20.1 Å². The Balaban J connectivity index is 1.20. The first-order chi connectivity index (χ1) is 16.5. The molecule has 34 heavy (non-hydrogen) atoms. The average Bonchev–Trinajstić information content (AvgIpc) is 3.22. The number of ether oxygens (including phenoxy) is 2. The number of aromatic nitrogens is 1. The van der Waals surface area contributed by atoms with Crippen molar-refractivity contribution < 1.29 is 19.4 Å². The van der Waals surface area contributed by atoms with Gasteiger partial charge >= 0.3 is 6.09 Å². The number of piperidine rings is 2. The summed E-state index contributed by atoms with van der Waals surface area (Å²) in [6.45, 7) is 11.1. The summed E-state index contributed by atoms with van der Waals surface area (Å²) in [6, 6.07) is 7.81. The zero-order valence-electron chi connectivity index (χ0n) is 20.6. The molecule has 1 aromatic carbocycles. The molecule has 0 aliphatic carbocycles. The number of aliphatic hydroxyl groups is 1. The molecular formula is C26H40N4O4. The molecule has 1 amide bonds. The molecule has 0 atom stereocenters. The van der Waals surface area contributed by atoms with Gasteiger partial charge in [0.05, 0.1) is 18.2 Å². The third-order valence-electron chi connectivity index (χ3n) is 6.95. The SMILES string of the molecule is CC(C)CCOc1cccc2[nH]c(OC(=O)NC3CCN(CCN4CCC(O)CC4)CC3)cc12. The molecule has 1 aromatic heterocycles. The number of fused-ring (bicyclic) bond motifs is 1. The van der Waals surface area contributed by atoms with Crippen LogP contribution in [0.1, 0.15) is 46.0 Å². The van der Waals surface area contributed by atoms with Crippen molar-refractivity contribution in [3.63, 3.8) is 0 Å². The van der Waals surface area contributed by atoms with E-state index in [1.54, 1.807) is 0 Å². The summed E-state index contributed by atoms with van der Waals surface area (Å²) in [5.41, 5.74) is 0.890. The van der Waals surface area contributed by atoms with Crippen LogP contribution in [0.3, 0.4) is 0 Å². The Morgan fingerprint density at radius 2 is 1.79 bits per heavy atom. The molecule has 0 unspecified atom stereocenters. The quantitative estimate of drug-likeness (QED) is 0.517. The molecule has 8 heteroatoms. The Hall–Kier alpha value is -2.29. The average molecular weight is 473 g/mol. The van der Waals surface area contributed by atoms with Crippen LogP contribution in [-0.2, 0) is 0 Å². The van der Waals surface area contributed by atoms with Crippen molar-refractivity contribution in [2.75, 3.05) is 45.9 Å². The van der Waals surface area contributed by atoms with Crippen LogP contribution in [0.5, 0.6) is 11.6 Å². The molecule has 2 aromatic rings. The zero-order valence-corrected chi connectivity index (χ0v) is 20.6. The summed E-state index contributed by atoms with van der Waals surface area (Å²) in [7, 11) is 0. The number of aromatic amines is 1. The van der Waals surface area contributed by atoms with E-state index in [2.05, 4.69) is 33.9 Å². The number of hydrogen-bond acceptors (Lipinski definition) is 6. The van der Waals surface area contributed by atoms with Gasteiger partial charge in [-0.1, -0.05) is 19.9 Å². The van der Waals surface area contributed by atoms with E-state index in [4.69, 9.17) is 9.47 Å². The minimum Gasteiger partial charge on any atom is -0.493 e. The molecule has 4 rings (SSSR count). The number of likely N-dealkylation sites (tertiary alicyclic amines) is 2. The summed E-state index contributed by atoms with van der Waals surface area (Å²) in [4.78, 5) is 20.6. The highest BCUT2D eigenvalue weighted by Crippen LogP contribution is 2.29. The number of nitrogens with zero attached hydrogens (tertiary/aromatic N) is 2. The van der Waals surface area contributed by atoms with Crippen LogP contribution < -0.4 is 14.8 Å². The number of H-pyrrole nitrogens is 1. The van der Waals surface area contributed by atoms with E-state index in [1.807, 2.05) is 24.3 Å². The summed E-state index contributed by atoms with van der Waals surface area (Å²) in [6.07, 6.45) is 4.08. The molecule has 0 radical (unpaired) electrons. The van der Waals surface area contributed by atoms with Crippen LogP contribution in [0.15, 0.2) is 24.3 Å². The van der Waals surface area contributed by atoms with Crippen molar-refractivity contribution in [1.29, 1.82) is 0 Å². The van der Waals surface area contributed by atoms with Crippen molar-refractivity contribution in [2.24, 2.45) is 5.92 Å². The highest BCUT2D eigenvalue weighted by molar-refractivity contribution is 5.88. The number of nitrogens with one attached hydrogen (secondary N) is 2. The van der Waals surface area contributed by atoms with E-state index >= 15 is 0 Å². The Labute approximate surface area is 202 Å². The monoisotopic (exact) mass is 472 g/mol. The van der Waals surface area contributed by atoms with E-state index in [0.29, 0.717) is 18.4 Å². The van der Waals surface area contributed by atoms with E-state index in [9.17, 15) is 9.90 Å². The van der Waals surface area contributed by atoms with Gasteiger partial charge in [0.25, 0.3) is 0 Å². The van der Waals surface area contributed by atoms with Gasteiger partial charge in [-0.15, -0.1) is 0 Å². The van der Waals surface area contributed by atoms with Crippen LogP contribution in [0.2, 0.25) is 0 Å². The minimum atomic E-state index is -0.417. The number of benzene rings is 1. The van der Waals surface area contributed by atoms with E-state index in [-0.39, 0.29) is 12.1 Å². The lowest BCUT2D eigenvalue weighted by atomic mass is 10.1. The fraction of sp³-hybridized carbons (Fsp3) is 0.654. The summed E-state index contributed by atoms with van der Waals surface area (Å²) < 4.78 is 11.5. The van der Waals surface area contributed by atoms with Crippen LogP contribution in [-0.4, -0.2) is 84.0 Å². The Kier molecular flexibility index (Phi) is 8.69. The molecule has 0 spiro atoms. The summed E-state index contributed by atoms with van der Waals surface area (Å²) >= 11 is 0. The molecule has 2 aliphatic rings. The molecule has 2 fully saturated rings. The first kappa shape index (κ1) is 24.8. The van der Waals surface area contributed by atoms with E-state index in [0.717, 1.165) is 88.0 Å². The lowest BCUT2D eigenvalue weighted by Crippen LogP contribution is -2.47. The van der Waals surface area contributed by atoms with Gasteiger partial charge in [-0.3, -0.25) is 0 Å². The van der Waals surface area contributed by atoms with Crippen molar-refractivity contribution in [2.45, 2.75) is 58.1 Å².